The van der Waals surface area contributed by atoms with Gasteiger partial charge in [-0.2, -0.15) is 0 Å². The number of nitrogens with zero attached hydrogens (tertiary/aromatic N) is 3. The van der Waals surface area contributed by atoms with E-state index in [-0.39, 0.29) is 5.91 Å². The van der Waals surface area contributed by atoms with E-state index in [1.807, 2.05) is 0 Å². The van der Waals surface area contributed by atoms with Gasteiger partial charge in [0.15, 0.2) is 10.8 Å². The summed E-state index contributed by atoms with van der Waals surface area (Å²) in [7, 11) is 0. The van der Waals surface area contributed by atoms with Crippen LogP contribution in [0.4, 0.5) is 5.69 Å². The summed E-state index contributed by atoms with van der Waals surface area (Å²) in [6, 6.07) is 8.64. The Morgan fingerprint density at radius 3 is 2.71 bits per heavy atom. The Kier molecular flexibility index (Phi) is 5.20. The van der Waals surface area contributed by atoms with E-state index in [1.54, 1.807) is 47.9 Å². The van der Waals surface area contributed by atoms with Crippen LogP contribution in [0.25, 0.3) is 5.65 Å². The van der Waals surface area contributed by atoms with Gasteiger partial charge < -0.3 is 5.32 Å². The van der Waals surface area contributed by atoms with Crippen molar-refractivity contribution in [3.63, 3.8) is 0 Å². The molecule has 0 spiro atoms. The molecule has 0 saturated carbocycles. The first kappa shape index (κ1) is 17.4. The Morgan fingerprint density at radius 1 is 1.21 bits per heavy atom. The maximum absolute atomic E-state index is 12.4. The second-order valence-electron chi connectivity index (χ2n) is 4.91. The first-order valence-corrected chi connectivity index (χ1v) is 8.89. The van der Waals surface area contributed by atoms with Crippen LogP contribution in [0.5, 0.6) is 0 Å². The van der Waals surface area contributed by atoms with Crippen LogP contribution in [0.15, 0.2) is 41.7 Å². The molecule has 0 aliphatic carbocycles. The normalized spacial score (nSPS) is 12.3. The van der Waals surface area contributed by atoms with E-state index in [0.29, 0.717) is 31.6 Å². The summed E-state index contributed by atoms with van der Waals surface area (Å²) in [6.45, 7) is 1.77. The number of amides is 1. The van der Waals surface area contributed by atoms with Crippen LogP contribution in [0.3, 0.4) is 0 Å². The Bertz CT molecular complexity index is 915. The first-order chi connectivity index (χ1) is 11.5. The third-order valence-corrected chi connectivity index (χ3v) is 5.05. The molecular weight excluding hydrogens is 391 g/mol. The van der Waals surface area contributed by atoms with Crippen molar-refractivity contribution >= 4 is 63.8 Å². The average molecular weight is 402 g/mol. The molecule has 3 aromatic rings. The van der Waals surface area contributed by atoms with Crippen molar-refractivity contribution in [3.8, 4) is 0 Å². The van der Waals surface area contributed by atoms with Gasteiger partial charge in [-0.3, -0.25) is 9.20 Å². The molecule has 0 unspecified atom stereocenters. The smallest absolute Gasteiger partial charge is 0.237 e. The van der Waals surface area contributed by atoms with E-state index >= 15 is 0 Å². The summed E-state index contributed by atoms with van der Waals surface area (Å²) >= 11 is 19.4. The summed E-state index contributed by atoms with van der Waals surface area (Å²) in [6.07, 6.45) is 1.66. The third kappa shape index (κ3) is 3.62. The van der Waals surface area contributed by atoms with E-state index in [0.717, 1.165) is 0 Å². The minimum Gasteiger partial charge on any atom is -0.324 e. The number of pyridine rings is 1. The summed E-state index contributed by atoms with van der Waals surface area (Å²) in [5, 5.41) is 12.3. The molecule has 1 N–H and O–H groups in total. The molecule has 0 fully saturated rings. The average Bonchev–Trinajstić information content (AvgIpc) is 2.92. The van der Waals surface area contributed by atoms with E-state index in [4.69, 9.17) is 34.8 Å². The fraction of sp³-hybridized carbons (Fsp3) is 0.133. The highest BCUT2D eigenvalue weighted by molar-refractivity contribution is 8.00. The van der Waals surface area contributed by atoms with E-state index in [1.165, 1.54) is 11.8 Å². The third-order valence-electron chi connectivity index (χ3n) is 3.18. The number of carbonyl (C=O) groups is 1. The van der Waals surface area contributed by atoms with Crippen LogP contribution in [-0.2, 0) is 4.79 Å². The molecule has 0 radical (unpaired) electrons. The van der Waals surface area contributed by atoms with Crippen molar-refractivity contribution in [2.75, 3.05) is 5.32 Å². The van der Waals surface area contributed by atoms with Crippen molar-refractivity contribution < 1.29 is 4.79 Å². The highest BCUT2D eigenvalue weighted by Crippen LogP contribution is 2.28. The minimum absolute atomic E-state index is 0.196. The van der Waals surface area contributed by atoms with Gasteiger partial charge in [-0.25, -0.2) is 0 Å². The van der Waals surface area contributed by atoms with Gasteiger partial charge in [0.25, 0.3) is 0 Å². The molecule has 1 amide bonds. The molecular formula is C15H11Cl3N4OS. The highest BCUT2D eigenvalue weighted by atomic mass is 35.5. The van der Waals surface area contributed by atoms with Gasteiger partial charge in [-0.05, 0) is 25.1 Å². The number of halogens is 3. The molecule has 1 atom stereocenters. The molecule has 9 heteroatoms. The number of thioether (sulfide) groups is 1. The molecule has 124 valence electrons. The van der Waals surface area contributed by atoms with Crippen LogP contribution in [0.2, 0.25) is 15.1 Å². The molecule has 0 saturated heterocycles. The van der Waals surface area contributed by atoms with E-state index in [2.05, 4.69) is 15.5 Å². The number of carbonyl (C=O) groups excluding carboxylic acids is 1. The van der Waals surface area contributed by atoms with Crippen molar-refractivity contribution in [3.05, 3.63) is 51.6 Å². The molecule has 24 heavy (non-hydrogen) atoms. The maximum Gasteiger partial charge on any atom is 0.237 e. The molecule has 0 bridgehead atoms. The fourth-order valence-electron chi connectivity index (χ4n) is 1.99. The summed E-state index contributed by atoms with van der Waals surface area (Å²) in [4.78, 5) is 12.4. The van der Waals surface area contributed by atoms with Crippen molar-refractivity contribution in [2.24, 2.45) is 0 Å². The number of fused-ring (bicyclic) bond motifs is 1. The lowest BCUT2D eigenvalue weighted by Gasteiger charge is -2.12. The van der Waals surface area contributed by atoms with Crippen molar-refractivity contribution in [2.45, 2.75) is 17.3 Å². The number of aromatic nitrogens is 3. The van der Waals surface area contributed by atoms with Gasteiger partial charge in [-0.1, -0.05) is 58.7 Å². The summed E-state index contributed by atoms with van der Waals surface area (Å²) in [5.74, 6) is -0.196. The van der Waals surface area contributed by atoms with E-state index in [9.17, 15) is 4.79 Å². The van der Waals surface area contributed by atoms with E-state index < -0.39 is 5.25 Å². The molecule has 3 rings (SSSR count). The molecule has 5 nitrogen and oxygen atoms in total. The van der Waals surface area contributed by atoms with Gasteiger partial charge in [0.05, 0.1) is 26.0 Å². The zero-order chi connectivity index (χ0) is 17.3. The lowest BCUT2D eigenvalue weighted by atomic mass is 10.3. The lowest BCUT2D eigenvalue weighted by Crippen LogP contribution is -2.22. The zero-order valence-electron chi connectivity index (χ0n) is 12.3. The number of nitrogens with one attached hydrogen (secondary N) is 1. The van der Waals surface area contributed by atoms with Crippen LogP contribution >= 0.6 is 46.6 Å². The summed E-state index contributed by atoms with van der Waals surface area (Å²) in [5.41, 5.74) is 1.05. The number of benzene rings is 1. The molecule has 2 heterocycles. The second-order valence-corrected chi connectivity index (χ2v) is 7.47. The Morgan fingerprint density at radius 2 is 1.96 bits per heavy atom. The quantitative estimate of drug-likeness (QED) is 0.637. The van der Waals surface area contributed by atoms with Gasteiger partial charge >= 0.3 is 0 Å². The highest BCUT2D eigenvalue weighted by Gasteiger charge is 2.19. The van der Waals surface area contributed by atoms with Gasteiger partial charge in [0, 0.05) is 6.20 Å². The predicted molar refractivity (Wildman–Crippen MR) is 98.4 cm³/mol. The standard InChI is InChI=1S/C15H11Cl3N4OS/c1-8(14(23)19-12-5-3-2-4-10(12)17)24-15-21-20-13-11(18)6-9(16)7-22(13)15/h2-8H,1H3,(H,19,23)/t8-/m0/s1. The second kappa shape index (κ2) is 7.19. The number of hydrogen-bond donors (Lipinski definition) is 1. The molecule has 1 aromatic carbocycles. The maximum atomic E-state index is 12.4. The number of rotatable bonds is 4. The van der Waals surface area contributed by atoms with Crippen molar-refractivity contribution in [1.29, 1.82) is 0 Å². The topological polar surface area (TPSA) is 59.3 Å². The Balaban J connectivity index is 1.78. The van der Waals surface area contributed by atoms with Gasteiger partial charge in [0.1, 0.15) is 0 Å². The number of para-hydroxylation sites is 1. The molecule has 0 aliphatic rings. The SMILES string of the molecule is C[C@H](Sc1nnc2c(Cl)cc(Cl)cn12)C(=O)Nc1ccccc1Cl. The lowest BCUT2D eigenvalue weighted by molar-refractivity contribution is -0.115. The molecule has 2 aromatic heterocycles. The first-order valence-electron chi connectivity index (χ1n) is 6.87. The van der Waals surface area contributed by atoms with Crippen LogP contribution < -0.4 is 5.32 Å². The summed E-state index contributed by atoms with van der Waals surface area (Å²) < 4.78 is 1.66. The monoisotopic (exact) mass is 400 g/mol. The largest absolute Gasteiger partial charge is 0.324 e. The van der Waals surface area contributed by atoms with Crippen molar-refractivity contribution in [1.82, 2.24) is 14.6 Å². The minimum atomic E-state index is -0.425. The number of anilines is 1. The van der Waals surface area contributed by atoms with Crippen LogP contribution in [0.1, 0.15) is 6.92 Å². The number of hydrogen-bond acceptors (Lipinski definition) is 4. The Hall–Kier alpha value is -1.47. The molecule has 0 aliphatic heterocycles. The van der Waals surface area contributed by atoms with Gasteiger partial charge in [0.2, 0.25) is 5.91 Å². The van der Waals surface area contributed by atoms with Crippen LogP contribution in [-0.4, -0.2) is 25.8 Å². The Labute approximate surface area is 157 Å². The fourth-order valence-corrected chi connectivity index (χ4v) is 3.51. The van der Waals surface area contributed by atoms with Gasteiger partial charge in [-0.15, -0.1) is 10.2 Å². The van der Waals surface area contributed by atoms with Crippen LogP contribution in [0, 0.1) is 0 Å². The predicted octanol–water partition coefficient (Wildman–Crippen LogP) is 4.81. The zero-order valence-corrected chi connectivity index (χ0v) is 15.4.